The Kier molecular flexibility index (Phi) is 6.33. The molecule has 1 aliphatic rings. The number of fused-ring (bicyclic) bond motifs is 1. The fourth-order valence-electron chi connectivity index (χ4n) is 4.28. The molecule has 3 aromatic rings. The van der Waals surface area contributed by atoms with Crippen molar-refractivity contribution in [3.05, 3.63) is 53.4 Å². The molecule has 3 N–H and O–H groups in total. The van der Waals surface area contributed by atoms with Crippen molar-refractivity contribution in [1.29, 1.82) is 0 Å². The quantitative estimate of drug-likeness (QED) is 0.470. The van der Waals surface area contributed by atoms with Gasteiger partial charge in [0.15, 0.2) is 5.82 Å². The van der Waals surface area contributed by atoms with Crippen molar-refractivity contribution in [2.24, 2.45) is 0 Å². The summed E-state index contributed by atoms with van der Waals surface area (Å²) in [5.74, 6) is 1.14. The van der Waals surface area contributed by atoms with Crippen LogP contribution in [0.3, 0.4) is 0 Å². The highest BCUT2D eigenvalue weighted by molar-refractivity contribution is 6.07. The lowest BCUT2D eigenvalue weighted by molar-refractivity contribution is 0.251. The summed E-state index contributed by atoms with van der Waals surface area (Å²) in [5.41, 5.74) is 2.38. The molecule has 3 heterocycles. The normalized spacial score (nSPS) is 13.5. The van der Waals surface area contributed by atoms with Crippen LogP contribution in [0.15, 0.2) is 30.6 Å². The van der Waals surface area contributed by atoms with Gasteiger partial charge in [0.25, 0.3) is 0 Å². The van der Waals surface area contributed by atoms with Crippen LogP contribution in [0.5, 0.6) is 0 Å². The van der Waals surface area contributed by atoms with Crippen molar-refractivity contribution in [2.75, 3.05) is 39.8 Å². The lowest BCUT2D eigenvalue weighted by Gasteiger charge is -2.36. The Bertz CT molecular complexity index is 1340. The fourth-order valence-corrected chi connectivity index (χ4v) is 4.28. The number of hydrogen-bond donors (Lipinski definition) is 3. The molecule has 0 saturated heterocycles. The van der Waals surface area contributed by atoms with E-state index in [9.17, 15) is 14.0 Å². The van der Waals surface area contributed by atoms with Gasteiger partial charge in [0.1, 0.15) is 17.5 Å². The molecule has 0 bridgehead atoms. The molecule has 4 amide bonds. The number of hydrogen-bond acceptors (Lipinski definition) is 5. The predicted octanol–water partition coefficient (Wildman–Crippen LogP) is 5.05. The van der Waals surface area contributed by atoms with Gasteiger partial charge in [0.05, 0.1) is 23.6 Å². The van der Waals surface area contributed by atoms with Crippen molar-refractivity contribution >= 4 is 40.8 Å². The molecule has 0 aliphatic carbocycles. The average Bonchev–Trinajstić information content (AvgIpc) is 3.18. The molecule has 10 nitrogen and oxygen atoms in total. The molecule has 0 fully saturated rings. The molecule has 0 atom stereocenters. The van der Waals surface area contributed by atoms with E-state index in [-0.39, 0.29) is 23.8 Å². The Balaban J connectivity index is 1.58. The van der Waals surface area contributed by atoms with Crippen LogP contribution in [0.4, 0.5) is 42.7 Å². The van der Waals surface area contributed by atoms with E-state index in [1.165, 1.54) is 21.9 Å². The highest BCUT2D eigenvalue weighted by Gasteiger charge is 2.31. The first-order valence-corrected chi connectivity index (χ1v) is 11.6. The SMILES string of the molecule is CNc1cc2c(cn1)CN(c1cc(NC(=O)Nc3cn(C(C)(C)C)c(C)n3)c(F)cc1C)C(=O)N2C. The lowest BCUT2D eigenvalue weighted by Crippen LogP contribution is -2.45. The van der Waals surface area contributed by atoms with Gasteiger partial charge < -0.3 is 15.2 Å². The fraction of sp³-hybridized carbons (Fsp3) is 0.360. The zero-order valence-electron chi connectivity index (χ0n) is 21.5. The summed E-state index contributed by atoms with van der Waals surface area (Å²) in [6.07, 6.45) is 3.44. The molecule has 1 aliphatic heterocycles. The van der Waals surface area contributed by atoms with E-state index in [2.05, 4.69) is 25.9 Å². The van der Waals surface area contributed by atoms with Crippen LogP contribution in [0, 0.1) is 19.7 Å². The minimum atomic E-state index is -0.640. The molecule has 36 heavy (non-hydrogen) atoms. The minimum Gasteiger partial charge on any atom is -0.373 e. The Morgan fingerprint density at radius 2 is 1.81 bits per heavy atom. The first-order valence-electron chi connectivity index (χ1n) is 11.6. The van der Waals surface area contributed by atoms with Gasteiger partial charge in [-0.05, 0) is 52.3 Å². The lowest BCUT2D eigenvalue weighted by atomic mass is 10.1. The summed E-state index contributed by atoms with van der Waals surface area (Å²) in [6, 6.07) is 3.66. The number of urea groups is 2. The van der Waals surface area contributed by atoms with Gasteiger partial charge in [-0.2, -0.15) is 0 Å². The molecule has 4 rings (SSSR count). The number of halogens is 1. The topological polar surface area (TPSA) is 107 Å². The number of imidazole rings is 1. The van der Waals surface area contributed by atoms with Crippen LogP contribution in [0.2, 0.25) is 0 Å². The van der Waals surface area contributed by atoms with E-state index in [4.69, 9.17) is 0 Å². The maximum atomic E-state index is 14.8. The molecular formula is C25H31FN8O2. The Morgan fingerprint density at radius 1 is 1.08 bits per heavy atom. The minimum absolute atomic E-state index is 0.0509. The molecule has 1 aromatic carbocycles. The molecule has 11 heteroatoms. The predicted molar refractivity (Wildman–Crippen MR) is 140 cm³/mol. The second-order valence-electron chi connectivity index (χ2n) is 9.79. The van der Waals surface area contributed by atoms with Gasteiger partial charge in [0, 0.05) is 43.7 Å². The third-order valence-electron chi connectivity index (χ3n) is 6.10. The molecule has 0 radical (unpaired) electrons. The number of aryl methyl sites for hydroxylation is 2. The van der Waals surface area contributed by atoms with Crippen molar-refractivity contribution < 1.29 is 14.0 Å². The zero-order valence-corrected chi connectivity index (χ0v) is 21.5. The van der Waals surface area contributed by atoms with Crippen molar-refractivity contribution in [1.82, 2.24) is 14.5 Å². The maximum absolute atomic E-state index is 14.8. The monoisotopic (exact) mass is 494 g/mol. The van der Waals surface area contributed by atoms with Crippen molar-refractivity contribution in [2.45, 2.75) is 46.7 Å². The number of amides is 4. The number of anilines is 5. The standard InChI is InChI=1S/C25H31FN8O2/c1-14-8-17(26)18(30-23(35)31-22-13-34(15(2)29-22)25(3,4)5)9-19(14)33-12-16-11-28-21(27-6)10-20(16)32(7)24(33)36/h8-11,13H,12H2,1-7H3,(H,27,28)(H2,30,31,35). The van der Waals surface area contributed by atoms with E-state index in [1.807, 2.05) is 38.3 Å². The molecule has 190 valence electrons. The highest BCUT2D eigenvalue weighted by Crippen LogP contribution is 2.35. The third-order valence-corrected chi connectivity index (χ3v) is 6.10. The van der Waals surface area contributed by atoms with Crippen LogP contribution in [-0.2, 0) is 12.1 Å². The van der Waals surface area contributed by atoms with Gasteiger partial charge in [-0.25, -0.2) is 23.9 Å². The smallest absolute Gasteiger partial charge is 0.329 e. The van der Waals surface area contributed by atoms with E-state index in [0.717, 1.165) is 17.1 Å². The Hall–Kier alpha value is -4.15. The van der Waals surface area contributed by atoms with E-state index in [0.29, 0.717) is 22.9 Å². The largest absolute Gasteiger partial charge is 0.373 e. The van der Waals surface area contributed by atoms with Gasteiger partial charge >= 0.3 is 12.1 Å². The van der Waals surface area contributed by atoms with E-state index in [1.54, 1.807) is 33.4 Å². The number of carbonyl (C=O) groups is 2. The van der Waals surface area contributed by atoms with Crippen LogP contribution < -0.4 is 25.8 Å². The number of nitrogens with one attached hydrogen (secondary N) is 3. The Morgan fingerprint density at radius 3 is 2.44 bits per heavy atom. The molecular weight excluding hydrogens is 463 g/mol. The van der Waals surface area contributed by atoms with Crippen molar-refractivity contribution in [3.63, 3.8) is 0 Å². The number of nitrogens with zero attached hydrogens (tertiary/aromatic N) is 5. The number of pyridine rings is 1. The van der Waals surface area contributed by atoms with Gasteiger partial charge in [-0.15, -0.1) is 0 Å². The summed E-state index contributed by atoms with van der Waals surface area (Å²) in [5, 5.41) is 8.17. The van der Waals surface area contributed by atoms with Crippen LogP contribution in [0.1, 0.15) is 37.7 Å². The van der Waals surface area contributed by atoms with Crippen molar-refractivity contribution in [3.8, 4) is 0 Å². The summed E-state index contributed by atoms with van der Waals surface area (Å²) in [7, 11) is 3.44. The number of rotatable bonds is 4. The second kappa shape index (κ2) is 9.14. The highest BCUT2D eigenvalue weighted by atomic mass is 19.1. The number of aromatic nitrogens is 3. The molecule has 0 saturated carbocycles. The maximum Gasteiger partial charge on any atom is 0.329 e. The summed E-state index contributed by atoms with van der Waals surface area (Å²) >= 11 is 0. The molecule has 0 unspecified atom stereocenters. The first-order chi connectivity index (χ1) is 16.9. The number of benzene rings is 1. The van der Waals surface area contributed by atoms with Crippen LogP contribution in [0.25, 0.3) is 0 Å². The molecule has 2 aromatic heterocycles. The average molecular weight is 495 g/mol. The number of carbonyl (C=O) groups excluding carboxylic acids is 2. The molecule has 0 spiro atoms. The van der Waals surface area contributed by atoms with Crippen LogP contribution in [-0.4, -0.2) is 40.7 Å². The third kappa shape index (κ3) is 4.68. The van der Waals surface area contributed by atoms with Gasteiger partial charge in [-0.1, -0.05) is 0 Å². The summed E-state index contributed by atoms with van der Waals surface area (Å²) in [4.78, 5) is 37.7. The van der Waals surface area contributed by atoms with E-state index < -0.39 is 11.8 Å². The first kappa shape index (κ1) is 25.0. The Labute approximate surface area is 209 Å². The van der Waals surface area contributed by atoms with Gasteiger partial charge in [-0.3, -0.25) is 15.1 Å². The van der Waals surface area contributed by atoms with Crippen LogP contribution >= 0.6 is 0 Å². The van der Waals surface area contributed by atoms with Gasteiger partial charge in [0.2, 0.25) is 0 Å². The second-order valence-corrected chi connectivity index (χ2v) is 9.79. The zero-order chi connectivity index (χ0) is 26.4. The summed E-state index contributed by atoms with van der Waals surface area (Å²) < 4.78 is 16.8. The summed E-state index contributed by atoms with van der Waals surface area (Å²) in [6.45, 7) is 9.92. The van der Waals surface area contributed by atoms with E-state index >= 15 is 0 Å².